The van der Waals surface area contributed by atoms with E-state index in [1.807, 2.05) is 18.2 Å². The molecule has 3 rings (SSSR count). The molecule has 2 N–H and O–H groups in total. The van der Waals surface area contributed by atoms with Gasteiger partial charge in [-0.1, -0.05) is 28.1 Å². The largest absolute Gasteiger partial charge is 0.508 e. The van der Waals surface area contributed by atoms with Crippen LogP contribution < -0.4 is 5.32 Å². The van der Waals surface area contributed by atoms with Gasteiger partial charge in [-0.05, 0) is 60.7 Å². The van der Waals surface area contributed by atoms with Crippen molar-refractivity contribution in [2.24, 2.45) is 0 Å². The summed E-state index contributed by atoms with van der Waals surface area (Å²) in [6.45, 7) is 2.11. The van der Waals surface area contributed by atoms with Crippen molar-refractivity contribution < 1.29 is 5.11 Å². The molecule has 1 unspecified atom stereocenters. The number of fused-ring (bicyclic) bond motifs is 1. The van der Waals surface area contributed by atoms with Crippen LogP contribution in [0.1, 0.15) is 29.2 Å². The number of hydrogen-bond donors (Lipinski definition) is 2. The fraction of sp³-hybridized carbons (Fsp3) is 0.250. The van der Waals surface area contributed by atoms with E-state index in [4.69, 9.17) is 0 Å². The zero-order chi connectivity index (χ0) is 13.4. The van der Waals surface area contributed by atoms with Crippen LogP contribution in [0.25, 0.3) is 0 Å². The third kappa shape index (κ3) is 2.35. The van der Waals surface area contributed by atoms with Gasteiger partial charge in [-0.3, -0.25) is 0 Å². The highest BCUT2D eigenvalue weighted by molar-refractivity contribution is 9.10. The minimum absolute atomic E-state index is 0.337. The van der Waals surface area contributed by atoms with Crippen LogP contribution in [0.5, 0.6) is 5.75 Å². The molecule has 0 fully saturated rings. The molecule has 0 heterocycles. The average Bonchev–Trinajstić information content (AvgIpc) is 2.77. The quantitative estimate of drug-likeness (QED) is 0.850. The summed E-state index contributed by atoms with van der Waals surface area (Å²) in [5.74, 6) is 0.359. The molecule has 0 spiro atoms. The third-order valence-corrected chi connectivity index (χ3v) is 4.66. The standard InChI is InChI=1S/C16H16BrNO/c1-10-14(17)3-2-4-15(10)18-16-8-5-11-9-12(19)6-7-13(11)16/h2-4,6-7,9,16,18-19H,5,8H2,1H3. The molecule has 1 aliphatic rings. The zero-order valence-corrected chi connectivity index (χ0v) is 12.4. The number of aryl methyl sites for hydroxylation is 1. The number of hydrogen-bond acceptors (Lipinski definition) is 2. The molecule has 0 amide bonds. The van der Waals surface area contributed by atoms with E-state index in [0.717, 1.165) is 17.3 Å². The van der Waals surface area contributed by atoms with Gasteiger partial charge in [0, 0.05) is 10.2 Å². The van der Waals surface area contributed by atoms with E-state index in [2.05, 4.69) is 40.3 Å². The molecule has 19 heavy (non-hydrogen) atoms. The van der Waals surface area contributed by atoms with Gasteiger partial charge in [0.1, 0.15) is 5.75 Å². The van der Waals surface area contributed by atoms with E-state index < -0.39 is 0 Å². The maximum absolute atomic E-state index is 9.53. The van der Waals surface area contributed by atoms with E-state index in [9.17, 15) is 5.11 Å². The monoisotopic (exact) mass is 317 g/mol. The molecule has 2 aromatic carbocycles. The van der Waals surface area contributed by atoms with Crippen LogP contribution in [-0.4, -0.2) is 5.11 Å². The number of benzene rings is 2. The summed E-state index contributed by atoms with van der Waals surface area (Å²) in [4.78, 5) is 0. The van der Waals surface area contributed by atoms with Gasteiger partial charge in [0.15, 0.2) is 0 Å². The second-order valence-corrected chi connectivity index (χ2v) is 5.89. The Balaban J connectivity index is 1.89. The van der Waals surface area contributed by atoms with E-state index >= 15 is 0 Å². The van der Waals surface area contributed by atoms with Crippen LogP contribution in [0, 0.1) is 6.92 Å². The molecular formula is C16H16BrNO. The lowest BCUT2D eigenvalue weighted by Gasteiger charge is -2.18. The summed E-state index contributed by atoms with van der Waals surface area (Å²) in [5, 5.41) is 13.1. The van der Waals surface area contributed by atoms with Crippen molar-refractivity contribution in [3.05, 3.63) is 57.6 Å². The van der Waals surface area contributed by atoms with Crippen LogP contribution in [0.4, 0.5) is 5.69 Å². The molecule has 98 valence electrons. The molecule has 2 aromatic rings. The molecule has 2 nitrogen and oxygen atoms in total. The molecule has 0 aliphatic heterocycles. The topological polar surface area (TPSA) is 32.3 Å². The maximum Gasteiger partial charge on any atom is 0.115 e. The van der Waals surface area contributed by atoms with Gasteiger partial charge in [0.2, 0.25) is 0 Å². The molecule has 0 saturated heterocycles. The summed E-state index contributed by atoms with van der Waals surface area (Å²) >= 11 is 3.56. The van der Waals surface area contributed by atoms with Gasteiger partial charge in [-0.15, -0.1) is 0 Å². The number of nitrogens with one attached hydrogen (secondary N) is 1. The van der Waals surface area contributed by atoms with Crippen LogP contribution in [0.2, 0.25) is 0 Å². The second kappa shape index (κ2) is 4.89. The Morgan fingerprint density at radius 1 is 1.26 bits per heavy atom. The first-order valence-corrected chi connectivity index (χ1v) is 7.28. The van der Waals surface area contributed by atoms with Gasteiger partial charge in [0.05, 0.1) is 6.04 Å². The average molecular weight is 318 g/mol. The smallest absolute Gasteiger partial charge is 0.115 e. The van der Waals surface area contributed by atoms with E-state index in [0.29, 0.717) is 11.8 Å². The minimum Gasteiger partial charge on any atom is -0.508 e. The molecule has 3 heteroatoms. The summed E-state index contributed by atoms with van der Waals surface area (Å²) in [6.07, 6.45) is 2.10. The van der Waals surface area contributed by atoms with Crippen molar-refractivity contribution in [3.8, 4) is 5.75 Å². The van der Waals surface area contributed by atoms with Crippen LogP contribution >= 0.6 is 15.9 Å². The number of aromatic hydroxyl groups is 1. The number of halogens is 1. The maximum atomic E-state index is 9.53. The second-order valence-electron chi connectivity index (χ2n) is 5.03. The first-order valence-electron chi connectivity index (χ1n) is 6.48. The number of anilines is 1. The van der Waals surface area contributed by atoms with E-state index in [-0.39, 0.29) is 0 Å². The predicted molar refractivity (Wildman–Crippen MR) is 81.7 cm³/mol. The van der Waals surface area contributed by atoms with E-state index in [1.54, 1.807) is 6.07 Å². The van der Waals surface area contributed by atoms with E-state index in [1.165, 1.54) is 22.4 Å². The summed E-state index contributed by atoms with van der Waals surface area (Å²) < 4.78 is 1.13. The van der Waals surface area contributed by atoms with Crippen molar-refractivity contribution in [2.45, 2.75) is 25.8 Å². The number of rotatable bonds is 2. The normalized spacial score (nSPS) is 17.3. The SMILES string of the molecule is Cc1c(Br)cccc1NC1CCc2cc(O)ccc21. The van der Waals surface area contributed by atoms with Gasteiger partial charge in [-0.2, -0.15) is 0 Å². The summed E-state index contributed by atoms with van der Waals surface area (Å²) in [7, 11) is 0. The van der Waals surface area contributed by atoms with Crippen molar-refractivity contribution in [3.63, 3.8) is 0 Å². The highest BCUT2D eigenvalue weighted by Crippen LogP contribution is 2.36. The number of phenols is 1. The lowest BCUT2D eigenvalue weighted by Crippen LogP contribution is -2.08. The Hall–Kier alpha value is -1.48. The van der Waals surface area contributed by atoms with Crippen molar-refractivity contribution in [1.29, 1.82) is 0 Å². The van der Waals surface area contributed by atoms with Crippen LogP contribution in [0.3, 0.4) is 0 Å². The Kier molecular flexibility index (Phi) is 3.23. The summed E-state index contributed by atoms with van der Waals surface area (Å²) in [6, 6.07) is 12.2. The minimum atomic E-state index is 0.337. The van der Waals surface area contributed by atoms with Crippen molar-refractivity contribution in [1.82, 2.24) is 0 Å². The molecular weight excluding hydrogens is 302 g/mol. The fourth-order valence-corrected chi connectivity index (χ4v) is 3.07. The lowest BCUT2D eigenvalue weighted by atomic mass is 10.1. The van der Waals surface area contributed by atoms with Gasteiger partial charge in [-0.25, -0.2) is 0 Å². The third-order valence-electron chi connectivity index (χ3n) is 3.80. The Morgan fingerprint density at radius 2 is 2.11 bits per heavy atom. The first-order chi connectivity index (χ1) is 9.15. The van der Waals surface area contributed by atoms with Crippen molar-refractivity contribution >= 4 is 21.6 Å². The molecule has 0 saturated carbocycles. The van der Waals surface area contributed by atoms with Gasteiger partial charge >= 0.3 is 0 Å². The lowest BCUT2D eigenvalue weighted by molar-refractivity contribution is 0.474. The highest BCUT2D eigenvalue weighted by Gasteiger charge is 2.23. The molecule has 0 radical (unpaired) electrons. The first kappa shape index (κ1) is 12.5. The zero-order valence-electron chi connectivity index (χ0n) is 10.8. The van der Waals surface area contributed by atoms with Gasteiger partial charge in [0.25, 0.3) is 0 Å². The molecule has 1 atom stereocenters. The summed E-state index contributed by atoms with van der Waals surface area (Å²) in [5.41, 5.74) is 4.96. The Morgan fingerprint density at radius 3 is 2.95 bits per heavy atom. The highest BCUT2D eigenvalue weighted by atomic mass is 79.9. The van der Waals surface area contributed by atoms with Crippen LogP contribution in [0.15, 0.2) is 40.9 Å². The van der Waals surface area contributed by atoms with Gasteiger partial charge < -0.3 is 10.4 Å². The Bertz CT molecular complexity index is 624. The van der Waals surface area contributed by atoms with Crippen molar-refractivity contribution in [2.75, 3.05) is 5.32 Å². The molecule has 0 aromatic heterocycles. The molecule has 0 bridgehead atoms. The van der Waals surface area contributed by atoms with Crippen LogP contribution in [-0.2, 0) is 6.42 Å². The predicted octanol–water partition coefficient (Wildman–Crippen LogP) is 4.56. The molecule has 1 aliphatic carbocycles. The number of phenolic OH excluding ortho intramolecular Hbond substituents is 1. The fourth-order valence-electron chi connectivity index (χ4n) is 2.71. The Labute approximate surface area is 121 Å².